The van der Waals surface area contributed by atoms with Gasteiger partial charge in [-0.25, -0.2) is 0 Å². The number of benzene rings is 2. The van der Waals surface area contributed by atoms with Crippen LogP contribution in [0.1, 0.15) is 43.7 Å². The smallest absolute Gasteiger partial charge is 0.119 e. The van der Waals surface area contributed by atoms with Crippen molar-refractivity contribution in [1.29, 1.82) is 0 Å². The first-order valence-electron chi connectivity index (χ1n) is 9.57. The molecular weight excluding hydrogens is 306 g/mol. The minimum absolute atomic E-state index is 0.578. The van der Waals surface area contributed by atoms with Crippen LogP contribution in [0.15, 0.2) is 60.7 Å². The third-order valence-electron chi connectivity index (χ3n) is 5.43. The van der Waals surface area contributed by atoms with E-state index in [1.807, 2.05) is 0 Å². The molecular formula is C23H27NO. The fourth-order valence-corrected chi connectivity index (χ4v) is 4.18. The first-order valence-corrected chi connectivity index (χ1v) is 9.57. The Kier molecular flexibility index (Phi) is 4.89. The predicted octanol–water partition coefficient (Wildman–Crippen LogP) is 5.30. The van der Waals surface area contributed by atoms with E-state index in [0.717, 1.165) is 31.7 Å². The van der Waals surface area contributed by atoms with Gasteiger partial charge in [-0.2, -0.15) is 0 Å². The maximum Gasteiger partial charge on any atom is 0.119 e. The van der Waals surface area contributed by atoms with Gasteiger partial charge >= 0.3 is 0 Å². The van der Waals surface area contributed by atoms with Crippen LogP contribution in [0.2, 0.25) is 0 Å². The molecule has 25 heavy (non-hydrogen) atoms. The van der Waals surface area contributed by atoms with Crippen molar-refractivity contribution in [2.75, 3.05) is 6.61 Å². The fourth-order valence-electron chi connectivity index (χ4n) is 4.18. The average molecular weight is 333 g/mol. The summed E-state index contributed by atoms with van der Waals surface area (Å²) >= 11 is 0. The zero-order valence-electron chi connectivity index (χ0n) is 15.0. The molecule has 2 aliphatic rings. The highest BCUT2D eigenvalue weighted by molar-refractivity contribution is 5.69. The van der Waals surface area contributed by atoms with E-state index in [2.05, 4.69) is 72.5 Å². The second-order valence-electron chi connectivity index (χ2n) is 7.23. The maximum absolute atomic E-state index is 5.82. The molecule has 2 atom stereocenters. The third kappa shape index (κ3) is 3.64. The third-order valence-corrected chi connectivity index (χ3v) is 5.43. The molecule has 0 radical (unpaired) electrons. The second-order valence-corrected chi connectivity index (χ2v) is 7.23. The van der Waals surface area contributed by atoms with E-state index in [9.17, 15) is 0 Å². The van der Waals surface area contributed by atoms with Crippen molar-refractivity contribution in [3.8, 4) is 5.75 Å². The number of hydrogen-bond donors (Lipinski definition) is 0. The minimum Gasteiger partial charge on any atom is -0.494 e. The molecule has 0 aliphatic carbocycles. The van der Waals surface area contributed by atoms with Crippen LogP contribution in [0.5, 0.6) is 5.75 Å². The Labute approximate surface area is 151 Å². The molecule has 0 spiro atoms. The molecule has 0 amide bonds. The molecule has 0 N–H and O–H groups in total. The zero-order valence-corrected chi connectivity index (χ0v) is 15.0. The van der Waals surface area contributed by atoms with Crippen molar-refractivity contribution in [2.45, 2.75) is 51.2 Å². The molecule has 1 saturated heterocycles. The largest absolute Gasteiger partial charge is 0.494 e. The standard InChI is InChI=1S/C23H27NO/c1-2-13-25-23-10-6-9-19(16-23)20-14-21-11-12-22(15-20)24(21)17-18-7-4-3-5-8-18/h3-10,14,16,21-22H,2,11-13,15,17H2,1H3. The van der Waals surface area contributed by atoms with Gasteiger partial charge < -0.3 is 4.74 Å². The maximum atomic E-state index is 5.82. The van der Waals surface area contributed by atoms with Crippen LogP contribution in [0.4, 0.5) is 0 Å². The Morgan fingerprint density at radius 1 is 1.04 bits per heavy atom. The molecule has 2 heteroatoms. The average Bonchev–Trinajstić information content (AvgIpc) is 2.89. The van der Waals surface area contributed by atoms with E-state index < -0.39 is 0 Å². The van der Waals surface area contributed by atoms with Gasteiger partial charge in [0.1, 0.15) is 5.75 Å². The molecule has 2 aliphatic heterocycles. The van der Waals surface area contributed by atoms with Crippen molar-refractivity contribution >= 4 is 5.57 Å². The lowest BCUT2D eigenvalue weighted by Gasteiger charge is -2.34. The summed E-state index contributed by atoms with van der Waals surface area (Å²) < 4.78 is 5.82. The number of nitrogens with zero attached hydrogens (tertiary/aromatic N) is 1. The van der Waals surface area contributed by atoms with Crippen LogP contribution in [0.3, 0.4) is 0 Å². The predicted molar refractivity (Wildman–Crippen MR) is 104 cm³/mol. The second kappa shape index (κ2) is 7.45. The van der Waals surface area contributed by atoms with E-state index in [1.165, 1.54) is 29.5 Å². The Balaban J connectivity index is 1.51. The molecule has 2 aromatic rings. The molecule has 1 fully saturated rings. The summed E-state index contributed by atoms with van der Waals surface area (Å²) in [5.41, 5.74) is 4.26. The zero-order chi connectivity index (χ0) is 17.1. The molecule has 0 saturated carbocycles. The van der Waals surface area contributed by atoms with Crippen molar-refractivity contribution < 1.29 is 4.74 Å². The first-order chi connectivity index (χ1) is 12.3. The van der Waals surface area contributed by atoms with Crippen LogP contribution >= 0.6 is 0 Å². The Morgan fingerprint density at radius 3 is 2.72 bits per heavy atom. The summed E-state index contributed by atoms with van der Waals surface area (Å²) in [5, 5.41) is 0. The van der Waals surface area contributed by atoms with Gasteiger partial charge in [-0.1, -0.05) is 55.5 Å². The molecule has 0 aromatic heterocycles. The van der Waals surface area contributed by atoms with Crippen molar-refractivity contribution in [3.05, 3.63) is 71.8 Å². The minimum atomic E-state index is 0.578. The van der Waals surface area contributed by atoms with Gasteiger partial charge in [0.05, 0.1) is 6.61 Å². The summed E-state index contributed by atoms with van der Waals surface area (Å²) in [4.78, 5) is 2.69. The van der Waals surface area contributed by atoms with E-state index >= 15 is 0 Å². The van der Waals surface area contributed by atoms with Crippen LogP contribution in [0, 0.1) is 0 Å². The van der Waals surface area contributed by atoms with Crippen molar-refractivity contribution in [2.24, 2.45) is 0 Å². The lowest BCUT2D eigenvalue weighted by atomic mass is 9.94. The summed E-state index contributed by atoms with van der Waals surface area (Å²) in [5.74, 6) is 0.999. The van der Waals surface area contributed by atoms with Gasteiger partial charge in [0.25, 0.3) is 0 Å². The van der Waals surface area contributed by atoms with Crippen LogP contribution in [-0.2, 0) is 6.54 Å². The molecule has 130 valence electrons. The van der Waals surface area contributed by atoms with Crippen LogP contribution in [-0.4, -0.2) is 23.6 Å². The molecule has 2 nitrogen and oxygen atoms in total. The van der Waals surface area contributed by atoms with Crippen molar-refractivity contribution in [3.63, 3.8) is 0 Å². The molecule has 2 bridgehead atoms. The van der Waals surface area contributed by atoms with E-state index in [0.29, 0.717) is 12.1 Å². The quantitative estimate of drug-likeness (QED) is 0.711. The van der Waals surface area contributed by atoms with Gasteiger partial charge in [0, 0.05) is 18.6 Å². The molecule has 2 heterocycles. The Morgan fingerprint density at radius 2 is 1.92 bits per heavy atom. The highest BCUT2D eigenvalue weighted by atomic mass is 16.5. The normalized spacial score (nSPS) is 22.7. The van der Waals surface area contributed by atoms with Crippen LogP contribution in [0.25, 0.3) is 5.57 Å². The number of rotatable bonds is 6. The summed E-state index contributed by atoms with van der Waals surface area (Å²) in [7, 11) is 0. The summed E-state index contributed by atoms with van der Waals surface area (Å²) in [6.45, 7) is 4.00. The molecule has 4 rings (SSSR count). The SMILES string of the molecule is CCCOc1cccc(C2=CC3CCC(C2)N3Cc2ccccc2)c1. The lowest BCUT2D eigenvalue weighted by molar-refractivity contribution is 0.203. The number of hydrogen-bond acceptors (Lipinski definition) is 2. The van der Waals surface area contributed by atoms with Crippen molar-refractivity contribution in [1.82, 2.24) is 4.90 Å². The molecule has 2 unspecified atom stereocenters. The van der Waals surface area contributed by atoms with Crippen LogP contribution < -0.4 is 4.74 Å². The Bertz CT molecular complexity index is 737. The fraction of sp³-hybridized carbons (Fsp3) is 0.391. The van der Waals surface area contributed by atoms with Gasteiger partial charge in [0.2, 0.25) is 0 Å². The highest BCUT2D eigenvalue weighted by Crippen LogP contribution is 2.39. The van der Waals surface area contributed by atoms with Gasteiger partial charge in [-0.05, 0) is 54.5 Å². The van der Waals surface area contributed by atoms with E-state index in [1.54, 1.807) is 0 Å². The van der Waals surface area contributed by atoms with Gasteiger partial charge in [-0.15, -0.1) is 0 Å². The highest BCUT2D eigenvalue weighted by Gasteiger charge is 2.36. The Hall–Kier alpha value is -2.06. The lowest BCUT2D eigenvalue weighted by Crippen LogP contribution is -2.37. The monoisotopic (exact) mass is 333 g/mol. The van der Waals surface area contributed by atoms with E-state index in [-0.39, 0.29) is 0 Å². The van der Waals surface area contributed by atoms with E-state index in [4.69, 9.17) is 4.74 Å². The topological polar surface area (TPSA) is 12.5 Å². The number of fused-ring (bicyclic) bond motifs is 2. The summed E-state index contributed by atoms with van der Waals surface area (Å²) in [6.07, 6.45) is 7.30. The summed E-state index contributed by atoms with van der Waals surface area (Å²) in [6, 6.07) is 20.8. The first kappa shape index (κ1) is 16.4. The van der Waals surface area contributed by atoms with Gasteiger partial charge in [0.15, 0.2) is 0 Å². The number of ether oxygens (including phenoxy) is 1. The molecule has 2 aromatic carbocycles. The van der Waals surface area contributed by atoms with Gasteiger partial charge in [-0.3, -0.25) is 4.90 Å².